The van der Waals surface area contributed by atoms with Crippen molar-refractivity contribution >= 4 is 11.9 Å². The monoisotopic (exact) mass is 387 g/mol. The lowest BCUT2D eigenvalue weighted by Gasteiger charge is -2.56. The molecule has 4 saturated carbocycles. The normalized spacial score (nSPS) is 30.0. The molecule has 6 heteroatoms. The zero-order valence-corrected chi connectivity index (χ0v) is 16.7. The Labute approximate surface area is 165 Å². The Morgan fingerprint density at radius 2 is 1.71 bits per heavy atom. The zero-order valence-electron chi connectivity index (χ0n) is 16.7. The number of hydrogen-bond acceptors (Lipinski definition) is 5. The number of hydrogen-bond donors (Lipinski definition) is 1. The minimum Gasteiger partial charge on any atom is -0.497 e. The molecule has 4 bridgehead atoms. The molecule has 1 aromatic carbocycles. The summed E-state index contributed by atoms with van der Waals surface area (Å²) in [6.07, 6.45) is 7.93. The van der Waals surface area contributed by atoms with Crippen molar-refractivity contribution in [2.24, 2.45) is 23.2 Å². The lowest BCUT2D eigenvalue weighted by atomic mass is 9.49. The molecule has 0 unspecified atom stereocenters. The van der Waals surface area contributed by atoms with Gasteiger partial charge in [0.2, 0.25) is 0 Å². The van der Waals surface area contributed by atoms with Gasteiger partial charge in [-0.15, -0.1) is 0 Å². The maximum atomic E-state index is 12.4. The van der Waals surface area contributed by atoms with Gasteiger partial charge in [0, 0.05) is 12.6 Å². The maximum Gasteiger partial charge on any atom is 0.341 e. The quantitative estimate of drug-likeness (QED) is 0.728. The van der Waals surface area contributed by atoms with Gasteiger partial charge in [-0.1, -0.05) is 0 Å². The Morgan fingerprint density at radius 3 is 2.29 bits per heavy atom. The first-order valence-corrected chi connectivity index (χ1v) is 10.2. The molecule has 6 nitrogen and oxygen atoms in total. The van der Waals surface area contributed by atoms with E-state index in [1.165, 1.54) is 52.7 Å². The highest BCUT2D eigenvalue weighted by Gasteiger charge is 2.50. The minimum absolute atomic E-state index is 0.135. The molecule has 1 amide bonds. The van der Waals surface area contributed by atoms with E-state index in [0.717, 1.165) is 24.3 Å². The van der Waals surface area contributed by atoms with E-state index in [1.54, 1.807) is 18.2 Å². The highest BCUT2D eigenvalue weighted by atomic mass is 16.5. The number of esters is 1. The van der Waals surface area contributed by atoms with E-state index in [4.69, 9.17) is 14.2 Å². The summed E-state index contributed by atoms with van der Waals surface area (Å²) in [5.41, 5.74) is 0.564. The van der Waals surface area contributed by atoms with E-state index < -0.39 is 5.97 Å². The second kappa shape index (κ2) is 7.64. The van der Waals surface area contributed by atoms with Crippen LogP contribution in [-0.4, -0.2) is 39.2 Å². The van der Waals surface area contributed by atoms with Gasteiger partial charge >= 0.3 is 5.97 Å². The number of ether oxygens (including phenoxy) is 3. The number of methoxy groups -OCH3 is 2. The predicted molar refractivity (Wildman–Crippen MR) is 103 cm³/mol. The van der Waals surface area contributed by atoms with Gasteiger partial charge < -0.3 is 19.5 Å². The van der Waals surface area contributed by atoms with Crippen LogP contribution in [0.3, 0.4) is 0 Å². The molecule has 0 heterocycles. The predicted octanol–water partition coefficient (Wildman–Crippen LogP) is 3.19. The topological polar surface area (TPSA) is 73.9 Å². The van der Waals surface area contributed by atoms with Crippen molar-refractivity contribution in [2.75, 3.05) is 27.4 Å². The molecule has 5 rings (SSSR count). The Balaban J connectivity index is 1.34. The summed E-state index contributed by atoms with van der Waals surface area (Å²) >= 11 is 0. The summed E-state index contributed by atoms with van der Waals surface area (Å²) in [5.74, 6) is 2.75. The number of carbonyl (C=O) groups is 2. The summed E-state index contributed by atoms with van der Waals surface area (Å²) < 4.78 is 15.6. The second-order valence-corrected chi connectivity index (χ2v) is 8.84. The van der Waals surface area contributed by atoms with E-state index in [9.17, 15) is 9.59 Å². The fraction of sp³-hybridized carbons (Fsp3) is 0.636. The molecule has 28 heavy (non-hydrogen) atoms. The molecule has 4 fully saturated rings. The Morgan fingerprint density at radius 1 is 1.07 bits per heavy atom. The largest absolute Gasteiger partial charge is 0.497 e. The van der Waals surface area contributed by atoms with Crippen LogP contribution in [0.1, 0.15) is 48.9 Å². The van der Waals surface area contributed by atoms with E-state index >= 15 is 0 Å². The number of carbonyl (C=O) groups excluding carboxylic acids is 2. The molecule has 0 radical (unpaired) electrons. The highest BCUT2D eigenvalue weighted by Crippen LogP contribution is 2.59. The fourth-order valence-corrected chi connectivity index (χ4v) is 6.01. The van der Waals surface area contributed by atoms with Gasteiger partial charge in [0.05, 0.1) is 14.2 Å². The van der Waals surface area contributed by atoms with Crippen LogP contribution >= 0.6 is 0 Å². The van der Waals surface area contributed by atoms with Crippen LogP contribution in [0.4, 0.5) is 0 Å². The Bertz CT molecular complexity index is 724. The molecule has 0 spiro atoms. The van der Waals surface area contributed by atoms with Crippen molar-refractivity contribution in [1.29, 1.82) is 0 Å². The summed E-state index contributed by atoms with van der Waals surface area (Å²) in [7, 11) is 2.85. The van der Waals surface area contributed by atoms with Gasteiger partial charge in [-0.05, 0) is 73.8 Å². The highest BCUT2D eigenvalue weighted by molar-refractivity contribution is 5.92. The van der Waals surface area contributed by atoms with Gasteiger partial charge in [-0.25, -0.2) is 4.79 Å². The Hall–Kier alpha value is -2.24. The van der Waals surface area contributed by atoms with Crippen LogP contribution in [0.2, 0.25) is 0 Å². The fourth-order valence-electron chi connectivity index (χ4n) is 6.01. The van der Waals surface area contributed by atoms with Crippen LogP contribution in [0.15, 0.2) is 18.2 Å². The van der Waals surface area contributed by atoms with E-state index in [-0.39, 0.29) is 29.2 Å². The maximum absolute atomic E-state index is 12.4. The number of amides is 1. The standard InChI is InChI=1S/C22H29NO5/c1-26-17-3-4-18(21(25)27-2)19(8-17)28-12-20(24)23-13-22-9-14-5-15(10-22)7-16(6-14)11-22/h3-4,8,14-16H,5-7,9-13H2,1-2H3,(H,23,24). The van der Waals surface area contributed by atoms with Crippen molar-refractivity contribution in [1.82, 2.24) is 5.32 Å². The van der Waals surface area contributed by atoms with Crippen LogP contribution in [-0.2, 0) is 9.53 Å². The van der Waals surface area contributed by atoms with Crippen molar-refractivity contribution in [3.05, 3.63) is 23.8 Å². The van der Waals surface area contributed by atoms with Crippen LogP contribution in [0, 0.1) is 23.2 Å². The minimum atomic E-state index is -0.508. The molecule has 4 aliphatic rings. The number of benzene rings is 1. The van der Waals surface area contributed by atoms with Crippen molar-refractivity contribution in [3.63, 3.8) is 0 Å². The summed E-state index contributed by atoms with van der Waals surface area (Å²) in [6, 6.07) is 4.83. The lowest BCUT2D eigenvalue weighted by molar-refractivity contribution is -0.125. The first-order valence-electron chi connectivity index (χ1n) is 10.2. The molecular weight excluding hydrogens is 358 g/mol. The van der Waals surface area contributed by atoms with Crippen molar-refractivity contribution in [3.8, 4) is 11.5 Å². The van der Waals surface area contributed by atoms with Crippen LogP contribution in [0.25, 0.3) is 0 Å². The first-order chi connectivity index (χ1) is 13.5. The van der Waals surface area contributed by atoms with Gasteiger partial charge in [-0.3, -0.25) is 4.79 Å². The van der Waals surface area contributed by atoms with E-state index in [1.807, 2.05) is 0 Å². The molecule has 0 aliphatic heterocycles. The number of rotatable bonds is 7. The molecule has 4 aliphatic carbocycles. The molecule has 1 N–H and O–H groups in total. The molecule has 152 valence electrons. The third-order valence-electron chi connectivity index (χ3n) is 6.78. The smallest absolute Gasteiger partial charge is 0.341 e. The van der Waals surface area contributed by atoms with Gasteiger partial charge in [0.25, 0.3) is 5.91 Å². The third kappa shape index (κ3) is 3.82. The molecule has 0 aromatic heterocycles. The van der Waals surface area contributed by atoms with Gasteiger partial charge in [-0.2, -0.15) is 0 Å². The third-order valence-corrected chi connectivity index (χ3v) is 6.78. The number of nitrogens with one attached hydrogen (secondary N) is 1. The average Bonchev–Trinajstić information content (AvgIpc) is 2.69. The first kappa shape index (κ1) is 19.1. The molecule has 1 aromatic rings. The summed E-state index contributed by atoms with van der Waals surface area (Å²) in [5, 5.41) is 3.09. The molecule has 0 atom stereocenters. The average molecular weight is 387 g/mol. The molecule has 0 saturated heterocycles. The van der Waals surface area contributed by atoms with E-state index in [0.29, 0.717) is 5.75 Å². The van der Waals surface area contributed by atoms with Crippen molar-refractivity contribution in [2.45, 2.75) is 38.5 Å². The van der Waals surface area contributed by atoms with Crippen molar-refractivity contribution < 1.29 is 23.8 Å². The molecular formula is C22H29NO5. The Kier molecular flexibility index (Phi) is 5.21. The zero-order chi connectivity index (χ0) is 19.7. The summed E-state index contributed by atoms with van der Waals surface area (Å²) in [6.45, 7) is 0.601. The van der Waals surface area contributed by atoms with Crippen LogP contribution < -0.4 is 14.8 Å². The SMILES string of the molecule is COC(=O)c1ccc(OC)cc1OCC(=O)NCC12CC3CC(CC(C3)C1)C2. The van der Waals surface area contributed by atoms with E-state index in [2.05, 4.69) is 5.32 Å². The summed E-state index contributed by atoms with van der Waals surface area (Å²) in [4.78, 5) is 24.4. The van der Waals surface area contributed by atoms with Crippen LogP contribution in [0.5, 0.6) is 11.5 Å². The lowest BCUT2D eigenvalue weighted by Crippen LogP contribution is -2.51. The second-order valence-electron chi connectivity index (χ2n) is 8.84. The van der Waals surface area contributed by atoms with Gasteiger partial charge in [0.15, 0.2) is 6.61 Å². The van der Waals surface area contributed by atoms with Gasteiger partial charge in [0.1, 0.15) is 17.1 Å².